The van der Waals surface area contributed by atoms with Crippen LogP contribution < -0.4 is 5.73 Å². The number of para-hydroxylation sites is 1. The summed E-state index contributed by atoms with van der Waals surface area (Å²) in [5.74, 6) is -0.897. The van der Waals surface area contributed by atoms with Gasteiger partial charge < -0.3 is 10.8 Å². The Hall–Kier alpha value is -2.96. The number of aromatic nitrogens is 4. The number of rotatable bonds is 2. The number of hydrogen-bond acceptors (Lipinski definition) is 5. The van der Waals surface area contributed by atoms with Gasteiger partial charge in [-0.15, -0.1) is 5.10 Å². The highest BCUT2D eigenvalue weighted by molar-refractivity contribution is 5.79. The van der Waals surface area contributed by atoms with Gasteiger partial charge in [0.25, 0.3) is 0 Å². The minimum Gasteiger partial charge on any atom is -0.481 e. The minimum atomic E-state index is -0.849. The summed E-state index contributed by atoms with van der Waals surface area (Å²) < 4.78 is 1.69. The molecule has 0 fully saturated rings. The highest BCUT2D eigenvalue weighted by Gasteiger charge is 2.37. The van der Waals surface area contributed by atoms with E-state index in [-0.39, 0.29) is 11.9 Å². The quantitative estimate of drug-likeness (QED) is 0.742. The first-order valence-corrected chi connectivity index (χ1v) is 7.39. The molecule has 4 rings (SSSR count). The Bertz CT molecular complexity index is 904. The monoisotopic (exact) mass is 309 g/mol. The van der Waals surface area contributed by atoms with Crippen molar-refractivity contribution in [3.63, 3.8) is 0 Å². The summed E-state index contributed by atoms with van der Waals surface area (Å²) in [5.41, 5.74) is 7.25. The van der Waals surface area contributed by atoms with E-state index in [1.165, 1.54) is 0 Å². The van der Waals surface area contributed by atoms with Crippen molar-refractivity contribution in [2.75, 3.05) is 5.73 Å². The molecule has 7 heteroatoms. The van der Waals surface area contributed by atoms with E-state index in [4.69, 9.17) is 5.73 Å². The molecule has 3 N–H and O–H groups in total. The fourth-order valence-electron chi connectivity index (χ4n) is 3.19. The molecule has 1 aromatic carbocycles. The van der Waals surface area contributed by atoms with Crippen LogP contribution in [0, 0.1) is 5.92 Å². The molecule has 3 heterocycles. The molecule has 2 aromatic heterocycles. The first-order valence-electron chi connectivity index (χ1n) is 7.39. The summed E-state index contributed by atoms with van der Waals surface area (Å²) in [6.07, 6.45) is 0.304. The third-order valence-electron chi connectivity index (χ3n) is 4.34. The number of nitrogens with two attached hydrogens (primary N) is 1. The van der Waals surface area contributed by atoms with Crippen LogP contribution >= 0.6 is 0 Å². The van der Waals surface area contributed by atoms with E-state index in [2.05, 4.69) is 15.1 Å². The summed E-state index contributed by atoms with van der Waals surface area (Å²) >= 11 is 0. The van der Waals surface area contributed by atoms with Crippen molar-refractivity contribution in [3.05, 3.63) is 47.9 Å². The summed E-state index contributed by atoms with van der Waals surface area (Å²) in [6, 6.07) is 11.7. The molecule has 2 unspecified atom stereocenters. The Balaban J connectivity index is 1.79. The van der Waals surface area contributed by atoms with Crippen LogP contribution in [0.25, 0.3) is 10.9 Å². The Morgan fingerprint density at radius 1 is 1.22 bits per heavy atom. The number of pyridine rings is 1. The van der Waals surface area contributed by atoms with E-state index in [1.54, 1.807) is 4.68 Å². The van der Waals surface area contributed by atoms with Crippen LogP contribution in [-0.4, -0.2) is 30.8 Å². The van der Waals surface area contributed by atoms with Gasteiger partial charge >= 0.3 is 5.97 Å². The van der Waals surface area contributed by atoms with E-state index >= 15 is 0 Å². The van der Waals surface area contributed by atoms with Crippen molar-refractivity contribution in [3.8, 4) is 0 Å². The molecule has 0 saturated carbocycles. The van der Waals surface area contributed by atoms with Gasteiger partial charge in [0.2, 0.25) is 5.95 Å². The minimum absolute atomic E-state index is 0.177. The normalized spacial score (nSPS) is 20.3. The molecule has 23 heavy (non-hydrogen) atoms. The lowest BCUT2D eigenvalue weighted by Gasteiger charge is -2.28. The largest absolute Gasteiger partial charge is 0.481 e. The Kier molecular flexibility index (Phi) is 3.00. The molecule has 0 amide bonds. The highest BCUT2D eigenvalue weighted by atomic mass is 16.4. The first kappa shape index (κ1) is 13.7. The van der Waals surface area contributed by atoms with E-state index in [9.17, 15) is 9.90 Å². The number of carboxylic acid groups (broad SMARTS) is 1. The SMILES string of the molecule is Nc1nc2n(n1)CC(c1ccc3ccccc3n1)C(C(=O)O)C2. The van der Waals surface area contributed by atoms with Crippen molar-refractivity contribution in [2.45, 2.75) is 18.9 Å². The van der Waals surface area contributed by atoms with Crippen molar-refractivity contribution in [1.29, 1.82) is 0 Å². The van der Waals surface area contributed by atoms with Gasteiger partial charge in [-0.3, -0.25) is 9.78 Å². The van der Waals surface area contributed by atoms with Crippen LogP contribution in [0.1, 0.15) is 17.4 Å². The molecule has 0 bridgehead atoms. The number of hydrogen-bond donors (Lipinski definition) is 2. The molecular formula is C16H15N5O2. The first-order chi connectivity index (χ1) is 11.1. The van der Waals surface area contributed by atoms with E-state index in [0.717, 1.165) is 16.6 Å². The molecule has 1 aliphatic heterocycles. The molecule has 1 aliphatic rings. The number of benzene rings is 1. The van der Waals surface area contributed by atoms with E-state index in [0.29, 0.717) is 18.8 Å². The Morgan fingerprint density at radius 3 is 2.87 bits per heavy atom. The topological polar surface area (TPSA) is 107 Å². The van der Waals surface area contributed by atoms with Gasteiger partial charge in [-0.05, 0) is 12.1 Å². The number of carbonyl (C=O) groups is 1. The van der Waals surface area contributed by atoms with Crippen LogP contribution in [0.3, 0.4) is 0 Å². The smallest absolute Gasteiger partial charge is 0.307 e. The molecular weight excluding hydrogens is 294 g/mol. The zero-order valence-electron chi connectivity index (χ0n) is 12.3. The average molecular weight is 309 g/mol. The van der Waals surface area contributed by atoms with Gasteiger partial charge in [-0.1, -0.05) is 24.3 Å². The van der Waals surface area contributed by atoms with Crippen LogP contribution in [0.4, 0.5) is 5.95 Å². The number of nitrogens with zero attached hydrogens (tertiary/aromatic N) is 4. The van der Waals surface area contributed by atoms with Gasteiger partial charge in [0.15, 0.2) is 0 Å². The molecule has 0 spiro atoms. The zero-order chi connectivity index (χ0) is 16.0. The molecule has 7 nitrogen and oxygen atoms in total. The number of anilines is 1. The maximum Gasteiger partial charge on any atom is 0.307 e. The maximum absolute atomic E-state index is 11.7. The van der Waals surface area contributed by atoms with Crippen LogP contribution in [0.5, 0.6) is 0 Å². The Labute approximate surface area is 131 Å². The molecule has 0 radical (unpaired) electrons. The molecule has 0 saturated heterocycles. The van der Waals surface area contributed by atoms with Crippen LogP contribution in [0.2, 0.25) is 0 Å². The maximum atomic E-state index is 11.7. The number of aliphatic carboxylic acids is 1. The third-order valence-corrected chi connectivity index (χ3v) is 4.34. The van der Waals surface area contributed by atoms with Crippen molar-refractivity contribution in [1.82, 2.24) is 19.7 Å². The summed E-state index contributed by atoms with van der Waals surface area (Å²) in [4.78, 5) is 20.5. The van der Waals surface area contributed by atoms with Gasteiger partial charge in [0.1, 0.15) is 5.82 Å². The summed E-state index contributed by atoms with van der Waals surface area (Å²) in [5, 5.41) is 14.8. The fraction of sp³-hybridized carbons (Fsp3) is 0.250. The molecule has 3 aromatic rings. The second-order valence-corrected chi connectivity index (χ2v) is 5.75. The van der Waals surface area contributed by atoms with Crippen molar-refractivity contribution >= 4 is 22.8 Å². The summed E-state index contributed by atoms with van der Waals surface area (Å²) in [7, 11) is 0. The lowest BCUT2D eigenvalue weighted by atomic mass is 9.84. The third kappa shape index (κ3) is 2.30. The number of fused-ring (bicyclic) bond motifs is 2. The predicted molar refractivity (Wildman–Crippen MR) is 83.7 cm³/mol. The number of carboxylic acids is 1. The van der Waals surface area contributed by atoms with Gasteiger partial charge in [0.05, 0.1) is 18.0 Å². The van der Waals surface area contributed by atoms with Gasteiger partial charge in [0, 0.05) is 23.4 Å². The summed E-state index contributed by atoms with van der Waals surface area (Å²) in [6.45, 7) is 0.418. The lowest BCUT2D eigenvalue weighted by molar-refractivity contribution is -0.143. The van der Waals surface area contributed by atoms with Crippen LogP contribution in [0.15, 0.2) is 36.4 Å². The predicted octanol–water partition coefficient (Wildman–Crippen LogP) is 1.45. The fourth-order valence-corrected chi connectivity index (χ4v) is 3.19. The van der Waals surface area contributed by atoms with Gasteiger partial charge in [-0.25, -0.2) is 4.68 Å². The zero-order valence-corrected chi connectivity index (χ0v) is 12.3. The second-order valence-electron chi connectivity index (χ2n) is 5.75. The van der Waals surface area contributed by atoms with Crippen molar-refractivity contribution < 1.29 is 9.90 Å². The lowest BCUT2D eigenvalue weighted by Crippen LogP contribution is -2.34. The molecule has 116 valence electrons. The standard InChI is InChI=1S/C16H15N5O2/c17-16-19-14-7-10(15(22)23)11(8-21(14)20-16)13-6-5-9-3-1-2-4-12(9)18-13/h1-6,10-11H,7-8H2,(H2,17,20)(H,22,23). The molecule has 2 atom stereocenters. The Morgan fingerprint density at radius 2 is 2.04 bits per heavy atom. The van der Waals surface area contributed by atoms with Gasteiger partial charge in [-0.2, -0.15) is 4.98 Å². The average Bonchev–Trinajstić information content (AvgIpc) is 2.92. The van der Waals surface area contributed by atoms with Crippen molar-refractivity contribution in [2.24, 2.45) is 5.92 Å². The highest BCUT2D eigenvalue weighted by Crippen LogP contribution is 2.33. The second kappa shape index (κ2) is 5.05. The number of nitrogen functional groups attached to an aromatic ring is 1. The molecule has 0 aliphatic carbocycles. The van der Waals surface area contributed by atoms with E-state index < -0.39 is 11.9 Å². The van der Waals surface area contributed by atoms with E-state index in [1.807, 2.05) is 36.4 Å². The van der Waals surface area contributed by atoms with Crippen LogP contribution in [-0.2, 0) is 17.8 Å².